The lowest BCUT2D eigenvalue weighted by Gasteiger charge is -2.19. The van der Waals surface area contributed by atoms with E-state index >= 15 is 0 Å². The van der Waals surface area contributed by atoms with Crippen molar-refractivity contribution in [1.29, 1.82) is 0 Å². The molecule has 0 aromatic heterocycles. The zero-order valence-electron chi connectivity index (χ0n) is 12.0. The summed E-state index contributed by atoms with van der Waals surface area (Å²) in [6.07, 6.45) is -2.86. The molecule has 0 atom stereocenters. The van der Waals surface area contributed by atoms with Gasteiger partial charge in [-0.15, -0.1) is 0 Å². The van der Waals surface area contributed by atoms with Gasteiger partial charge < -0.3 is 9.47 Å². The molecule has 0 spiro atoms. The summed E-state index contributed by atoms with van der Waals surface area (Å²) in [4.78, 5) is 22.4. The minimum absolute atomic E-state index is 0.906. The SMILES string of the molecule is CC(C)(C)OC(=O)NNC(=O)Oc1c(F)c(F)c(F)c(F)c1F. The highest BCUT2D eigenvalue weighted by Gasteiger charge is 2.28. The zero-order valence-corrected chi connectivity index (χ0v) is 12.0. The van der Waals surface area contributed by atoms with Crippen molar-refractivity contribution < 1.29 is 41.0 Å². The topological polar surface area (TPSA) is 76.7 Å². The molecular formula is C12H11F5N2O4. The van der Waals surface area contributed by atoms with Gasteiger partial charge >= 0.3 is 12.2 Å². The largest absolute Gasteiger partial charge is 0.443 e. The predicted octanol–water partition coefficient (Wildman–Crippen LogP) is 2.91. The van der Waals surface area contributed by atoms with Gasteiger partial charge in [-0.1, -0.05) is 0 Å². The molecule has 0 saturated carbocycles. The van der Waals surface area contributed by atoms with E-state index in [-0.39, 0.29) is 0 Å². The van der Waals surface area contributed by atoms with Gasteiger partial charge in [-0.3, -0.25) is 0 Å². The van der Waals surface area contributed by atoms with Crippen LogP contribution >= 0.6 is 0 Å². The highest BCUT2D eigenvalue weighted by Crippen LogP contribution is 2.29. The molecule has 2 amide bonds. The molecule has 0 aliphatic heterocycles. The highest BCUT2D eigenvalue weighted by atomic mass is 19.2. The van der Waals surface area contributed by atoms with Crippen LogP contribution in [0, 0.1) is 29.1 Å². The number of benzene rings is 1. The summed E-state index contributed by atoms with van der Waals surface area (Å²) in [5, 5.41) is 0. The number of halogens is 5. The zero-order chi connectivity index (χ0) is 17.9. The van der Waals surface area contributed by atoms with Crippen molar-refractivity contribution in [1.82, 2.24) is 10.9 Å². The molecule has 1 rings (SSSR count). The second-order valence-corrected chi connectivity index (χ2v) is 5.04. The monoisotopic (exact) mass is 342 g/mol. The number of carbonyl (C=O) groups is 2. The Morgan fingerprint density at radius 2 is 1.17 bits per heavy atom. The molecule has 6 nitrogen and oxygen atoms in total. The van der Waals surface area contributed by atoms with E-state index in [1.54, 1.807) is 5.43 Å². The maximum atomic E-state index is 13.2. The molecule has 0 saturated heterocycles. The summed E-state index contributed by atoms with van der Waals surface area (Å²) in [5.41, 5.74) is 2.24. The first-order chi connectivity index (χ1) is 10.4. The van der Waals surface area contributed by atoms with Crippen molar-refractivity contribution in [2.24, 2.45) is 0 Å². The average molecular weight is 342 g/mol. The lowest BCUT2D eigenvalue weighted by Crippen LogP contribution is -2.45. The van der Waals surface area contributed by atoms with Gasteiger partial charge in [-0.25, -0.2) is 33.6 Å². The van der Waals surface area contributed by atoms with Crippen LogP contribution in [0.2, 0.25) is 0 Å². The van der Waals surface area contributed by atoms with Gasteiger partial charge in [-0.05, 0) is 20.8 Å². The van der Waals surface area contributed by atoms with Crippen molar-refractivity contribution in [3.8, 4) is 5.75 Å². The first kappa shape index (κ1) is 18.5. The Bertz CT molecular complexity index is 616. The number of nitrogens with one attached hydrogen (secondary N) is 2. The summed E-state index contributed by atoms with van der Waals surface area (Å²) >= 11 is 0. The summed E-state index contributed by atoms with van der Waals surface area (Å²) in [7, 11) is 0. The van der Waals surface area contributed by atoms with Crippen LogP contribution in [-0.2, 0) is 4.74 Å². The second kappa shape index (κ2) is 6.67. The predicted molar refractivity (Wildman–Crippen MR) is 64.8 cm³/mol. The molecule has 0 aliphatic rings. The van der Waals surface area contributed by atoms with Crippen LogP contribution in [0.15, 0.2) is 0 Å². The van der Waals surface area contributed by atoms with E-state index in [4.69, 9.17) is 4.74 Å². The third-order valence-electron chi connectivity index (χ3n) is 2.03. The second-order valence-electron chi connectivity index (χ2n) is 5.04. The van der Waals surface area contributed by atoms with Crippen LogP contribution in [-0.4, -0.2) is 17.8 Å². The molecule has 11 heteroatoms. The Hall–Kier alpha value is -2.59. The molecule has 0 aliphatic carbocycles. The van der Waals surface area contributed by atoms with E-state index in [1.165, 1.54) is 26.2 Å². The Morgan fingerprint density at radius 1 is 0.783 bits per heavy atom. The van der Waals surface area contributed by atoms with Crippen LogP contribution in [0.25, 0.3) is 0 Å². The summed E-state index contributed by atoms with van der Waals surface area (Å²) < 4.78 is 73.7. The van der Waals surface area contributed by atoms with Crippen molar-refractivity contribution in [3.63, 3.8) is 0 Å². The fourth-order valence-electron chi connectivity index (χ4n) is 1.20. The Morgan fingerprint density at radius 3 is 1.61 bits per heavy atom. The van der Waals surface area contributed by atoms with Crippen molar-refractivity contribution in [2.75, 3.05) is 0 Å². The molecule has 23 heavy (non-hydrogen) atoms. The summed E-state index contributed by atoms with van der Waals surface area (Å²) in [6, 6.07) is 0. The Balaban J connectivity index is 2.78. The number of rotatable bonds is 1. The number of amides is 2. The lowest BCUT2D eigenvalue weighted by molar-refractivity contribution is 0.0497. The molecule has 1 aromatic rings. The van der Waals surface area contributed by atoms with E-state index in [0.717, 1.165) is 0 Å². The van der Waals surface area contributed by atoms with Crippen molar-refractivity contribution >= 4 is 12.2 Å². The van der Waals surface area contributed by atoms with Gasteiger partial charge in [0.25, 0.3) is 0 Å². The molecule has 0 bridgehead atoms. The van der Waals surface area contributed by atoms with E-state index in [0.29, 0.717) is 0 Å². The van der Waals surface area contributed by atoms with Crippen LogP contribution in [0.4, 0.5) is 31.5 Å². The quantitative estimate of drug-likeness (QED) is 0.356. The Labute approximate surface area is 126 Å². The van der Waals surface area contributed by atoms with E-state index in [9.17, 15) is 31.5 Å². The van der Waals surface area contributed by atoms with Crippen molar-refractivity contribution in [2.45, 2.75) is 26.4 Å². The minimum Gasteiger partial charge on any atom is -0.443 e. The molecule has 0 fully saturated rings. The molecule has 0 unspecified atom stereocenters. The van der Waals surface area contributed by atoms with Gasteiger partial charge in [-0.2, -0.15) is 8.78 Å². The fraction of sp³-hybridized carbons (Fsp3) is 0.333. The maximum Gasteiger partial charge on any atom is 0.431 e. The van der Waals surface area contributed by atoms with Crippen LogP contribution in [0.5, 0.6) is 5.75 Å². The number of hydrogen-bond acceptors (Lipinski definition) is 4. The first-order valence-corrected chi connectivity index (χ1v) is 5.92. The number of hydrogen-bond donors (Lipinski definition) is 2. The first-order valence-electron chi connectivity index (χ1n) is 5.92. The highest BCUT2D eigenvalue weighted by molar-refractivity contribution is 5.75. The number of hydrazine groups is 1. The summed E-state index contributed by atoms with van der Waals surface area (Å²) in [5.74, 6) is -13.5. The smallest absolute Gasteiger partial charge is 0.431 e. The minimum atomic E-state index is -2.40. The van der Waals surface area contributed by atoms with Gasteiger partial charge in [0.2, 0.25) is 34.8 Å². The number of ether oxygens (including phenoxy) is 2. The Kier molecular flexibility index (Phi) is 5.35. The van der Waals surface area contributed by atoms with Gasteiger partial charge in [0, 0.05) is 0 Å². The maximum absolute atomic E-state index is 13.2. The standard InChI is InChI=1S/C12H11F5N2O4/c1-12(2,3)23-11(21)19-18-10(20)22-9-7(16)5(14)4(13)6(15)8(9)17/h1-3H3,(H,18,20)(H,19,21). The summed E-state index contributed by atoms with van der Waals surface area (Å²) in [6.45, 7) is 4.54. The average Bonchev–Trinajstić information content (AvgIpc) is 2.43. The number of carbonyl (C=O) groups excluding carboxylic acids is 2. The normalized spacial score (nSPS) is 11.0. The lowest BCUT2D eigenvalue weighted by atomic mass is 10.2. The van der Waals surface area contributed by atoms with E-state index in [1.807, 2.05) is 0 Å². The van der Waals surface area contributed by atoms with Crippen LogP contribution in [0.3, 0.4) is 0 Å². The van der Waals surface area contributed by atoms with E-state index < -0.39 is 52.6 Å². The van der Waals surface area contributed by atoms with Crippen LogP contribution < -0.4 is 15.6 Å². The third-order valence-corrected chi connectivity index (χ3v) is 2.03. The molecular weight excluding hydrogens is 331 g/mol. The molecule has 2 N–H and O–H groups in total. The molecule has 0 radical (unpaired) electrons. The third kappa shape index (κ3) is 4.69. The molecule has 0 heterocycles. The van der Waals surface area contributed by atoms with Gasteiger partial charge in [0.1, 0.15) is 5.60 Å². The fourth-order valence-corrected chi connectivity index (χ4v) is 1.20. The van der Waals surface area contributed by atoms with Crippen molar-refractivity contribution in [3.05, 3.63) is 29.1 Å². The van der Waals surface area contributed by atoms with Crippen LogP contribution in [0.1, 0.15) is 20.8 Å². The van der Waals surface area contributed by atoms with Gasteiger partial charge in [0.05, 0.1) is 0 Å². The van der Waals surface area contributed by atoms with Gasteiger partial charge in [0.15, 0.2) is 0 Å². The molecule has 1 aromatic carbocycles. The van der Waals surface area contributed by atoms with E-state index in [2.05, 4.69) is 4.74 Å². The molecule has 128 valence electrons.